The van der Waals surface area contributed by atoms with Crippen LogP contribution in [0.15, 0.2) is 24.3 Å². The zero-order chi connectivity index (χ0) is 20.1. The number of nitrogens with one attached hydrogen (secondary N) is 2. The number of aromatic nitrogens is 4. The van der Waals surface area contributed by atoms with Gasteiger partial charge in [0.2, 0.25) is 5.82 Å². The SMILES string of the molecule is COCCn1nnnc1[C@H](c1ccc(F)cc1)[NH+]1CC[NH+](C2CCCCC2)CC1. The molecule has 1 atom stereocenters. The molecule has 2 heterocycles. The first-order valence-corrected chi connectivity index (χ1v) is 11.0. The van der Waals surface area contributed by atoms with Gasteiger partial charge in [-0.15, -0.1) is 5.10 Å². The van der Waals surface area contributed by atoms with Crippen LogP contribution in [0.4, 0.5) is 4.39 Å². The molecule has 2 fully saturated rings. The van der Waals surface area contributed by atoms with Crippen LogP contribution in [-0.4, -0.2) is 66.1 Å². The Morgan fingerprint density at radius 1 is 1.10 bits per heavy atom. The highest BCUT2D eigenvalue weighted by Crippen LogP contribution is 2.18. The van der Waals surface area contributed by atoms with Gasteiger partial charge in [0.1, 0.15) is 32.0 Å². The molecule has 2 aromatic rings. The van der Waals surface area contributed by atoms with E-state index in [9.17, 15) is 4.39 Å². The maximum absolute atomic E-state index is 13.6. The van der Waals surface area contributed by atoms with E-state index in [1.54, 1.807) is 12.0 Å². The number of piperazine rings is 1. The lowest BCUT2D eigenvalue weighted by atomic mass is 9.93. The second-order valence-electron chi connectivity index (χ2n) is 8.39. The predicted molar refractivity (Wildman–Crippen MR) is 106 cm³/mol. The maximum atomic E-state index is 13.6. The highest BCUT2D eigenvalue weighted by Gasteiger charge is 2.37. The van der Waals surface area contributed by atoms with Crippen LogP contribution in [0, 0.1) is 5.82 Å². The number of rotatable bonds is 7. The van der Waals surface area contributed by atoms with Gasteiger partial charge in [0, 0.05) is 12.7 Å². The molecule has 1 aromatic carbocycles. The number of benzene rings is 1. The van der Waals surface area contributed by atoms with Crippen LogP contribution >= 0.6 is 0 Å². The van der Waals surface area contributed by atoms with E-state index in [1.807, 2.05) is 16.8 Å². The normalized spacial score (nSPS) is 24.5. The van der Waals surface area contributed by atoms with Crippen LogP contribution in [0.2, 0.25) is 0 Å². The van der Waals surface area contributed by atoms with Crippen molar-refractivity contribution < 1.29 is 18.9 Å². The fourth-order valence-corrected chi connectivity index (χ4v) is 5.08. The summed E-state index contributed by atoms with van der Waals surface area (Å²) in [5.41, 5.74) is 1.07. The van der Waals surface area contributed by atoms with Crippen LogP contribution < -0.4 is 9.80 Å². The van der Waals surface area contributed by atoms with Crippen molar-refractivity contribution in [3.8, 4) is 0 Å². The number of hydrogen-bond donors (Lipinski definition) is 2. The molecule has 7 nitrogen and oxygen atoms in total. The summed E-state index contributed by atoms with van der Waals surface area (Å²) in [6.45, 7) is 5.68. The van der Waals surface area contributed by atoms with E-state index < -0.39 is 0 Å². The van der Waals surface area contributed by atoms with Gasteiger partial charge in [0.15, 0.2) is 6.04 Å². The Hall–Kier alpha value is -1.90. The van der Waals surface area contributed by atoms with E-state index in [-0.39, 0.29) is 11.9 Å². The van der Waals surface area contributed by atoms with E-state index in [0.29, 0.717) is 13.2 Å². The third kappa shape index (κ3) is 4.82. The van der Waals surface area contributed by atoms with Crippen LogP contribution in [0.3, 0.4) is 0 Å². The number of nitrogens with zero attached hydrogens (tertiary/aromatic N) is 4. The molecule has 0 bridgehead atoms. The Kier molecular flexibility index (Phi) is 6.84. The van der Waals surface area contributed by atoms with Gasteiger partial charge in [-0.25, -0.2) is 9.07 Å². The standard InChI is InChI=1S/C21H31FN6O/c1-29-16-15-28-21(23-24-25-28)20(17-7-9-18(22)10-8-17)27-13-11-26(12-14-27)19-5-3-2-4-6-19/h7-10,19-20H,2-6,11-16H2,1H3/p+2/t20-/m0/s1. The lowest BCUT2D eigenvalue weighted by molar-refractivity contribution is -1.03. The topological polar surface area (TPSA) is 61.7 Å². The molecule has 4 rings (SSSR count). The first-order valence-electron chi connectivity index (χ1n) is 11.0. The molecule has 1 saturated carbocycles. The third-order valence-electron chi connectivity index (χ3n) is 6.65. The van der Waals surface area contributed by atoms with Crippen molar-refractivity contribution in [2.45, 2.75) is 50.7 Å². The molecule has 0 amide bonds. The summed E-state index contributed by atoms with van der Waals surface area (Å²) < 4.78 is 20.6. The van der Waals surface area contributed by atoms with Crippen molar-refractivity contribution in [2.24, 2.45) is 0 Å². The summed E-state index contributed by atoms with van der Waals surface area (Å²) in [4.78, 5) is 3.23. The van der Waals surface area contributed by atoms with Gasteiger partial charge in [-0.05, 0) is 60.4 Å². The van der Waals surface area contributed by atoms with Gasteiger partial charge < -0.3 is 14.5 Å². The average molecular weight is 405 g/mol. The number of methoxy groups -OCH3 is 1. The van der Waals surface area contributed by atoms with Gasteiger partial charge in [0.05, 0.1) is 19.2 Å². The molecular formula is C21H33FN6O+2. The van der Waals surface area contributed by atoms with E-state index in [4.69, 9.17) is 4.74 Å². The number of halogens is 1. The number of ether oxygens (including phenoxy) is 1. The minimum atomic E-state index is -0.215. The van der Waals surface area contributed by atoms with Crippen LogP contribution in [0.5, 0.6) is 0 Å². The smallest absolute Gasteiger partial charge is 0.214 e. The van der Waals surface area contributed by atoms with Crippen molar-refractivity contribution in [3.05, 3.63) is 41.5 Å². The van der Waals surface area contributed by atoms with Crippen LogP contribution in [-0.2, 0) is 11.3 Å². The Labute approximate surface area is 171 Å². The zero-order valence-corrected chi connectivity index (χ0v) is 17.3. The maximum Gasteiger partial charge on any atom is 0.214 e. The highest BCUT2D eigenvalue weighted by molar-refractivity contribution is 5.23. The molecule has 158 valence electrons. The molecule has 0 unspecified atom stereocenters. The summed E-state index contributed by atoms with van der Waals surface area (Å²) in [5, 5.41) is 12.5. The van der Waals surface area contributed by atoms with E-state index in [2.05, 4.69) is 15.5 Å². The molecule has 2 N–H and O–H groups in total. The molecule has 0 radical (unpaired) electrons. The van der Waals surface area contributed by atoms with Gasteiger partial charge in [-0.2, -0.15) is 0 Å². The highest BCUT2D eigenvalue weighted by atomic mass is 19.1. The van der Waals surface area contributed by atoms with E-state index >= 15 is 0 Å². The number of hydrogen-bond acceptors (Lipinski definition) is 4. The lowest BCUT2D eigenvalue weighted by Crippen LogP contribution is -3.29. The zero-order valence-electron chi connectivity index (χ0n) is 17.3. The fraction of sp³-hybridized carbons (Fsp3) is 0.667. The Balaban J connectivity index is 1.53. The Morgan fingerprint density at radius 3 is 2.52 bits per heavy atom. The fourth-order valence-electron chi connectivity index (χ4n) is 5.08. The van der Waals surface area contributed by atoms with Crippen molar-refractivity contribution in [3.63, 3.8) is 0 Å². The van der Waals surface area contributed by atoms with Crippen molar-refractivity contribution in [2.75, 3.05) is 39.9 Å². The largest absolute Gasteiger partial charge is 0.383 e. The Bertz CT molecular complexity index is 753. The number of tetrazole rings is 1. The predicted octanol–water partition coefficient (Wildman–Crippen LogP) is -0.336. The van der Waals surface area contributed by atoms with Crippen molar-refractivity contribution in [1.29, 1.82) is 0 Å². The minimum absolute atomic E-state index is 0.00959. The lowest BCUT2D eigenvalue weighted by Gasteiger charge is -2.38. The van der Waals surface area contributed by atoms with Gasteiger partial charge in [0.25, 0.3) is 0 Å². The van der Waals surface area contributed by atoms with Crippen molar-refractivity contribution in [1.82, 2.24) is 20.2 Å². The number of quaternary nitrogens is 2. The summed E-state index contributed by atoms with van der Waals surface area (Å²) >= 11 is 0. The van der Waals surface area contributed by atoms with Gasteiger partial charge >= 0.3 is 0 Å². The van der Waals surface area contributed by atoms with Gasteiger partial charge in [-0.3, -0.25) is 0 Å². The summed E-state index contributed by atoms with van der Waals surface area (Å²) in [6, 6.07) is 7.67. The quantitative estimate of drug-likeness (QED) is 0.663. The second-order valence-corrected chi connectivity index (χ2v) is 8.39. The van der Waals surface area contributed by atoms with E-state index in [0.717, 1.165) is 30.5 Å². The summed E-state index contributed by atoms with van der Waals surface area (Å²) in [7, 11) is 1.68. The Morgan fingerprint density at radius 2 is 1.83 bits per heavy atom. The molecule has 0 spiro atoms. The second kappa shape index (κ2) is 9.73. The monoisotopic (exact) mass is 404 g/mol. The molecule has 8 heteroatoms. The van der Waals surface area contributed by atoms with E-state index in [1.165, 1.54) is 62.2 Å². The minimum Gasteiger partial charge on any atom is -0.383 e. The first-order chi connectivity index (χ1) is 14.3. The molecule has 1 aliphatic carbocycles. The van der Waals surface area contributed by atoms with Gasteiger partial charge in [-0.1, -0.05) is 6.42 Å². The molecular weight excluding hydrogens is 371 g/mol. The molecule has 1 saturated heterocycles. The first kappa shape index (κ1) is 20.4. The molecule has 1 aliphatic heterocycles. The molecule has 29 heavy (non-hydrogen) atoms. The molecule has 2 aliphatic rings. The third-order valence-corrected chi connectivity index (χ3v) is 6.65. The van der Waals surface area contributed by atoms with Crippen LogP contribution in [0.25, 0.3) is 0 Å². The van der Waals surface area contributed by atoms with Crippen molar-refractivity contribution >= 4 is 0 Å². The van der Waals surface area contributed by atoms with Crippen LogP contribution in [0.1, 0.15) is 49.5 Å². The summed E-state index contributed by atoms with van der Waals surface area (Å²) in [6.07, 6.45) is 6.93. The average Bonchev–Trinajstić information content (AvgIpc) is 3.23. The molecule has 1 aromatic heterocycles. The summed E-state index contributed by atoms with van der Waals surface area (Å²) in [5.74, 6) is 0.623.